The average molecular weight is 496 g/mol. The summed E-state index contributed by atoms with van der Waals surface area (Å²) in [4.78, 5) is 34.4. The number of fused-ring (bicyclic) bond motifs is 1. The molecule has 0 bridgehead atoms. The van der Waals surface area contributed by atoms with Gasteiger partial charge in [-0.15, -0.1) is 5.10 Å². The maximum Gasteiger partial charge on any atom is 0.257 e. The molecule has 2 amide bonds. The molecule has 0 atom stereocenters. The first-order chi connectivity index (χ1) is 17.3. The van der Waals surface area contributed by atoms with E-state index in [1.54, 1.807) is 42.0 Å². The van der Waals surface area contributed by atoms with Crippen molar-refractivity contribution in [1.29, 1.82) is 0 Å². The summed E-state index contributed by atoms with van der Waals surface area (Å²) in [5.74, 6) is 1.60. The first-order valence-electron chi connectivity index (χ1n) is 11.9. The number of aryl methyl sites for hydroxylation is 3. The van der Waals surface area contributed by atoms with Crippen LogP contribution in [0, 0.1) is 13.8 Å². The molecule has 1 aliphatic rings. The largest absolute Gasteiger partial charge is 0.497 e. The normalized spacial score (nSPS) is 13.7. The molecule has 0 N–H and O–H groups in total. The lowest BCUT2D eigenvalue weighted by Crippen LogP contribution is -2.50. The van der Waals surface area contributed by atoms with E-state index in [2.05, 4.69) is 5.10 Å². The lowest BCUT2D eigenvalue weighted by Gasteiger charge is -2.35. The Bertz CT molecular complexity index is 1290. The number of hydrogen-bond donors (Lipinski definition) is 0. The Morgan fingerprint density at radius 3 is 2.31 bits per heavy atom. The van der Waals surface area contributed by atoms with Crippen molar-refractivity contribution in [2.45, 2.75) is 26.7 Å². The summed E-state index contributed by atoms with van der Waals surface area (Å²) in [6.45, 7) is 5.92. The molecule has 1 aromatic carbocycles. The third-order valence-electron chi connectivity index (χ3n) is 6.86. The fraction of sp³-hybridized carbons (Fsp3) is 0.462. The fourth-order valence-electron chi connectivity index (χ4n) is 4.80. The molecule has 0 unspecified atom stereocenters. The van der Waals surface area contributed by atoms with Crippen molar-refractivity contribution < 1.29 is 23.8 Å². The van der Waals surface area contributed by atoms with Crippen LogP contribution in [0.1, 0.15) is 33.6 Å². The Balaban J connectivity index is 1.39. The second-order valence-electron chi connectivity index (χ2n) is 8.87. The van der Waals surface area contributed by atoms with Crippen molar-refractivity contribution >= 4 is 22.8 Å². The van der Waals surface area contributed by atoms with Gasteiger partial charge in [-0.2, -0.15) is 0 Å². The first-order valence-corrected chi connectivity index (χ1v) is 11.9. The number of methoxy groups -OCH3 is 3. The van der Waals surface area contributed by atoms with Crippen LogP contribution in [0.4, 0.5) is 0 Å². The van der Waals surface area contributed by atoms with Gasteiger partial charge in [0, 0.05) is 51.4 Å². The molecular weight excluding hydrogens is 462 g/mol. The minimum atomic E-state index is -0.113. The van der Waals surface area contributed by atoms with Crippen molar-refractivity contribution in [2.24, 2.45) is 7.05 Å². The van der Waals surface area contributed by atoms with Crippen LogP contribution in [-0.2, 0) is 18.3 Å². The van der Waals surface area contributed by atoms with E-state index < -0.39 is 0 Å². The number of hydrogen-bond acceptors (Lipinski definition) is 7. The summed E-state index contributed by atoms with van der Waals surface area (Å²) in [7, 11) is 6.54. The van der Waals surface area contributed by atoms with Crippen LogP contribution < -0.4 is 14.2 Å². The second kappa shape index (κ2) is 10.4. The summed E-state index contributed by atoms with van der Waals surface area (Å²) in [6.07, 6.45) is 0.956. The predicted molar refractivity (Wildman–Crippen MR) is 135 cm³/mol. The third-order valence-corrected chi connectivity index (χ3v) is 6.86. The highest BCUT2D eigenvalue weighted by atomic mass is 16.5. The van der Waals surface area contributed by atoms with Crippen LogP contribution >= 0.6 is 0 Å². The van der Waals surface area contributed by atoms with Crippen molar-refractivity contribution in [3.05, 3.63) is 40.6 Å². The summed E-state index contributed by atoms with van der Waals surface area (Å²) in [5, 5.41) is 5.28. The van der Waals surface area contributed by atoms with E-state index in [0.29, 0.717) is 62.0 Å². The molecule has 10 nitrogen and oxygen atoms in total. The highest BCUT2D eigenvalue weighted by Crippen LogP contribution is 2.31. The Hall–Kier alpha value is -3.82. The molecule has 0 spiro atoms. The third kappa shape index (κ3) is 4.67. The molecule has 1 aliphatic heterocycles. The highest BCUT2D eigenvalue weighted by Gasteiger charge is 2.27. The van der Waals surface area contributed by atoms with E-state index in [-0.39, 0.29) is 11.8 Å². The monoisotopic (exact) mass is 495 g/mol. The molecule has 1 fully saturated rings. The van der Waals surface area contributed by atoms with Crippen LogP contribution in [0.2, 0.25) is 0 Å². The van der Waals surface area contributed by atoms with Crippen molar-refractivity contribution in [1.82, 2.24) is 24.6 Å². The maximum atomic E-state index is 13.1. The van der Waals surface area contributed by atoms with Gasteiger partial charge in [-0.3, -0.25) is 9.59 Å². The van der Waals surface area contributed by atoms with Gasteiger partial charge >= 0.3 is 0 Å². The minimum absolute atomic E-state index is 0.0705. The van der Waals surface area contributed by atoms with Gasteiger partial charge in [-0.25, -0.2) is 9.67 Å². The van der Waals surface area contributed by atoms with Crippen LogP contribution in [-0.4, -0.2) is 83.9 Å². The molecule has 3 heterocycles. The number of amides is 2. The predicted octanol–water partition coefficient (Wildman–Crippen LogP) is 2.53. The van der Waals surface area contributed by atoms with Crippen LogP contribution in [0.5, 0.6) is 17.4 Å². The van der Waals surface area contributed by atoms with Gasteiger partial charge in [0.2, 0.25) is 11.8 Å². The number of carbonyl (C=O) groups excluding carboxylic acids is 2. The van der Waals surface area contributed by atoms with Gasteiger partial charge < -0.3 is 24.0 Å². The molecule has 192 valence electrons. The number of nitrogens with zero attached hydrogens (tertiary/aromatic N) is 5. The van der Waals surface area contributed by atoms with Crippen LogP contribution in [0.25, 0.3) is 11.0 Å². The summed E-state index contributed by atoms with van der Waals surface area (Å²) in [5.41, 5.74) is 4.23. The van der Waals surface area contributed by atoms with E-state index in [4.69, 9.17) is 19.2 Å². The van der Waals surface area contributed by atoms with E-state index >= 15 is 0 Å². The number of pyridine rings is 1. The Morgan fingerprint density at radius 1 is 0.972 bits per heavy atom. The molecular formula is C26H33N5O5. The Morgan fingerprint density at radius 2 is 1.67 bits per heavy atom. The Kier molecular flexibility index (Phi) is 7.32. The van der Waals surface area contributed by atoms with Gasteiger partial charge in [0.1, 0.15) is 11.5 Å². The van der Waals surface area contributed by atoms with E-state index in [0.717, 1.165) is 27.9 Å². The zero-order valence-corrected chi connectivity index (χ0v) is 21.8. The number of rotatable bonds is 7. The number of benzene rings is 1. The molecule has 0 radical (unpaired) electrons. The average Bonchev–Trinajstić information content (AvgIpc) is 3.22. The quantitative estimate of drug-likeness (QED) is 0.497. The second-order valence-corrected chi connectivity index (χ2v) is 8.87. The summed E-state index contributed by atoms with van der Waals surface area (Å²) in [6, 6.07) is 5.15. The summed E-state index contributed by atoms with van der Waals surface area (Å²) < 4.78 is 17.8. The molecule has 0 aliphatic carbocycles. The number of ether oxygens (including phenoxy) is 3. The lowest BCUT2D eigenvalue weighted by molar-refractivity contribution is -0.132. The smallest absolute Gasteiger partial charge is 0.257 e. The van der Waals surface area contributed by atoms with Crippen molar-refractivity contribution in [3.8, 4) is 17.4 Å². The summed E-state index contributed by atoms with van der Waals surface area (Å²) >= 11 is 0. The molecule has 3 aromatic rings. The molecule has 0 saturated carbocycles. The number of carbonyl (C=O) groups is 2. The minimum Gasteiger partial charge on any atom is -0.497 e. The standard InChI is InChI=1S/C26H33N5O5/c1-16-19(17(2)27-24-23(16)25(36-6)28-29(24)3)9-10-22(32)30-11-13-31(14-12-30)26(33)20-8-7-18(34-4)15-21(20)35-5/h7-8,15H,9-14H2,1-6H3. The Labute approximate surface area is 210 Å². The van der Waals surface area contributed by atoms with Gasteiger partial charge in [0.15, 0.2) is 5.65 Å². The molecule has 4 rings (SSSR count). The van der Waals surface area contributed by atoms with Gasteiger partial charge in [-0.1, -0.05) is 0 Å². The zero-order valence-electron chi connectivity index (χ0n) is 21.8. The fourth-order valence-corrected chi connectivity index (χ4v) is 4.80. The van der Waals surface area contributed by atoms with E-state index in [1.165, 1.54) is 7.11 Å². The number of piperazine rings is 1. The topological polar surface area (TPSA) is 99.0 Å². The molecule has 36 heavy (non-hydrogen) atoms. The van der Waals surface area contributed by atoms with Gasteiger partial charge in [0.25, 0.3) is 5.91 Å². The van der Waals surface area contributed by atoms with Gasteiger partial charge in [-0.05, 0) is 43.5 Å². The van der Waals surface area contributed by atoms with Crippen LogP contribution in [0.3, 0.4) is 0 Å². The van der Waals surface area contributed by atoms with Crippen molar-refractivity contribution in [3.63, 3.8) is 0 Å². The highest BCUT2D eigenvalue weighted by molar-refractivity contribution is 5.97. The van der Waals surface area contributed by atoms with Crippen LogP contribution in [0.15, 0.2) is 18.2 Å². The number of aromatic nitrogens is 3. The van der Waals surface area contributed by atoms with E-state index in [9.17, 15) is 9.59 Å². The van der Waals surface area contributed by atoms with Crippen molar-refractivity contribution in [2.75, 3.05) is 47.5 Å². The lowest BCUT2D eigenvalue weighted by atomic mass is 10.00. The SMILES string of the molecule is COc1ccc(C(=O)N2CCN(C(=O)CCc3c(C)nc4c(c(OC)nn4C)c3C)CC2)c(OC)c1. The first kappa shape index (κ1) is 25.3. The molecule has 2 aromatic heterocycles. The van der Waals surface area contributed by atoms with Gasteiger partial charge in [0.05, 0.1) is 32.3 Å². The van der Waals surface area contributed by atoms with E-state index in [1.807, 2.05) is 25.8 Å². The molecule has 1 saturated heterocycles. The molecule has 10 heteroatoms. The zero-order chi connectivity index (χ0) is 26.0. The maximum absolute atomic E-state index is 13.1.